The van der Waals surface area contributed by atoms with Crippen LogP contribution >= 0.6 is 15.9 Å². The fourth-order valence-corrected chi connectivity index (χ4v) is 1.61. The van der Waals surface area contributed by atoms with E-state index >= 15 is 0 Å². The maximum atomic E-state index is 3.38. The van der Waals surface area contributed by atoms with Gasteiger partial charge >= 0.3 is 73.5 Å². The second kappa shape index (κ2) is 5.29. The standard InChI is InChI=1S/C7H6Br.ClH.Zn/c1-6-2-4-7(8)5-3-6;;/h2-5H,1H2;1H;/q;;+1/p-1. The summed E-state index contributed by atoms with van der Waals surface area (Å²) in [6.45, 7) is 0. The monoisotopic (exact) mass is 268 g/mol. The minimum absolute atomic E-state index is 0. The molecule has 0 spiro atoms. The molecular formula is C7H6BrClZn. The van der Waals surface area contributed by atoms with Gasteiger partial charge in [-0.05, 0) is 0 Å². The van der Waals surface area contributed by atoms with Gasteiger partial charge in [0.15, 0.2) is 0 Å². The normalized spacial score (nSPS) is 8.70. The number of benzene rings is 1. The van der Waals surface area contributed by atoms with E-state index in [1.54, 1.807) is 0 Å². The van der Waals surface area contributed by atoms with E-state index in [-0.39, 0.29) is 12.4 Å². The number of hydrogen-bond acceptors (Lipinski definition) is 0. The molecule has 50 valence electrons. The molecule has 0 aromatic heterocycles. The fraction of sp³-hybridized carbons (Fsp3) is 0.143. The summed E-state index contributed by atoms with van der Waals surface area (Å²) >= 11 is 4.73. The molecule has 0 aliphatic heterocycles. The predicted octanol–water partition coefficient (Wildman–Crippen LogP) is -0.500. The average Bonchev–Trinajstić information content (AvgIpc) is 1.90. The van der Waals surface area contributed by atoms with Crippen LogP contribution in [0.25, 0.3) is 0 Å². The third-order valence-electron chi connectivity index (χ3n) is 1.20. The third kappa shape index (κ3) is 3.14. The van der Waals surface area contributed by atoms with Gasteiger partial charge < -0.3 is 12.4 Å². The summed E-state index contributed by atoms with van der Waals surface area (Å²) < 4.78 is 1.17. The molecule has 0 atom stereocenters. The third-order valence-corrected chi connectivity index (χ3v) is 2.94. The molecule has 1 rings (SSSR count). The van der Waals surface area contributed by atoms with Crippen molar-refractivity contribution in [3.05, 3.63) is 34.3 Å². The van der Waals surface area contributed by atoms with Crippen LogP contribution in [0.5, 0.6) is 0 Å². The van der Waals surface area contributed by atoms with Crippen molar-refractivity contribution in [3.63, 3.8) is 0 Å². The van der Waals surface area contributed by atoms with Crippen LogP contribution in [0, 0.1) is 0 Å². The van der Waals surface area contributed by atoms with Gasteiger partial charge in [-0.3, -0.25) is 0 Å². The number of halogens is 2. The first-order valence-electron chi connectivity index (χ1n) is 2.86. The first-order chi connectivity index (χ1) is 4.33. The van der Waals surface area contributed by atoms with Crippen molar-refractivity contribution >= 4 is 15.9 Å². The summed E-state index contributed by atoms with van der Waals surface area (Å²) in [7, 11) is 0. The Balaban J connectivity index is 0.000000810. The Hall–Kier alpha value is 0.613. The van der Waals surface area contributed by atoms with Crippen molar-refractivity contribution in [1.82, 2.24) is 0 Å². The van der Waals surface area contributed by atoms with E-state index in [1.165, 1.54) is 33.4 Å². The van der Waals surface area contributed by atoms with Crippen LogP contribution in [0.3, 0.4) is 0 Å². The minimum atomic E-state index is 0. The Morgan fingerprint density at radius 2 is 1.70 bits per heavy atom. The molecule has 0 radical (unpaired) electrons. The van der Waals surface area contributed by atoms with Crippen LogP contribution in [0.15, 0.2) is 28.7 Å². The van der Waals surface area contributed by atoms with Crippen LogP contribution in [0.4, 0.5) is 0 Å². The van der Waals surface area contributed by atoms with Crippen molar-refractivity contribution in [2.75, 3.05) is 0 Å². The van der Waals surface area contributed by atoms with Crippen LogP contribution in [0.2, 0.25) is 0 Å². The molecule has 0 aliphatic carbocycles. The number of rotatable bonds is 1. The molecule has 1 aromatic carbocycles. The van der Waals surface area contributed by atoms with Gasteiger partial charge in [-0.15, -0.1) is 0 Å². The Labute approximate surface area is 85.6 Å². The van der Waals surface area contributed by atoms with Gasteiger partial charge in [-0.25, -0.2) is 0 Å². The molecule has 0 amide bonds. The molecule has 3 heteroatoms. The molecular weight excluding hydrogens is 265 g/mol. The van der Waals surface area contributed by atoms with Crippen molar-refractivity contribution < 1.29 is 30.7 Å². The van der Waals surface area contributed by atoms with Gasteiger partial charge in [0.1, 0.15) is 0 Å². The molecule has 0 aliphatic rings. The summed E-state index contributed by atoms with van der Waals surface area (Å²) in [6.07, 6.45) is 0. The summed E-state index contributed by atoms with van der Waals surface area (Å²) in [5, 5.41) is 1.24. The van der Waals surface area contributed by atoms with Crippen LogP contribution in [-0.2, 0) is 23.3 Å². The molecule has 1 aromatic rings. The molecule has 0 nitrogen and oxygen atoms in total. The molecule has 0 saturated heterocycles. The predicted molar refractivity (Wildman–Crippen MR) is 37.8 cm³/mol. The quantitative estimate of drug-likeness (QED) is 0.604. The molecule has 0 saturated carbocycles. The summed E-state index contributed by atoms with van der Waals surface area (Å²) in [6, 6.07) is 8.50. The van der Waals surface area contributed by atoms with E-state index in [1.807, 2.05) is 0 Å². The van der Waals surface area contributed by atoms with Gasteiger partial charge in [0.25, 0.3) is 0 Å². The Morgan fingerprint density at radius 3 is 2.10 bits per heavy atom. The zero-order valence-corrected chi connectivity index (χ0v) is 10.8. The van der Waals surface area contributed by atoms with Crippen molar-refractivity contribution in [2.45, 2.75) is 5.02 Å². The van der Waals surface area contributed by atoms with Gasteiger partial charge in [-0.2, -0.15) is 0 Å². The Bertz CT molecular complexity index is 185. The first kappa shape index (κ1) is 10.6. The SMILES string of the molecule is [Cl-].[Zn+][CH2]c1ccc(Br)cc1. The molecule has 0 N–H and O–H groups in total. The van der Waals surface area contributed by atoms with E-state index in [0.29, 0.717) is 0 Å². The Morgan fingerprint density at radius 1 is 1.20 bits per heavy atom. The second-order valence-electron chi connectivity index (χ2n) is 1.88. The maximum absolute atomic E-state index is 3.38. The van der Waals surface area contributed by atoms with E-state index in [2.05, 4.69) is 40.2 Å². The topological polar surface area (TPSA) is 0 Å². The Kier molecular flexibility index (Phi) is 5.61. The van der Waals surface area contributed by atoms with Crippen LogP contribution in [-0.4, -0.2) is 0 Å². The van der Waals surface area contributed by atoms with Gasteiger partial charge in [0.2, 0.25) is 0 Å². The molecule has 0 bridgehead atoms. The molecule has 0 fully saturated rings. The fourth-order valence-electron chi connectivity index (χ4n) is 0.651. The molecule has 0 heterocycles. The van der Waals surface area contributed by atoms with E-state index in [9.17, 15) is 0 Å². The zero-order valence-electron chi connectivity index (χ0n) is 5.48. The van der Waals surface area contributed by atoms with Crippen molar-refractivity contribution in [2.24, 2.45) is 0 Å². The van der Waals surface area contributed by atoms with Crippen molar-refractivity contribution in [3.8, 4) is 0 Å². The summed E-state index contributed by atoms with van der Waals surface area (Å²) in [5.41, 5.74) is 1.44. The van der Waals surface area contributed by atoms with E-state index < -0.39 is 0 Å². The van der Waals surface area contributed by atoms with Gasteiger partial charge in [0.05, 0.1) is 0 Å². The van der Waals surface area contributed by atoms with E-state index in [4.69, 9.17) is 0 Å². The average molecular weight is 271 g/mol. The van der Waals surface area contributed by atoms with Crippen molar-refractivity contribution in [1.29, 1.82) is 0 Å². The zero-order chi connectivity index (χ0) is 6.69. The summed E-state index contributed by atoms with van der Waals surface area (Å²) in [5.74, 6) is 0. The van der Waals surface area contributed by atoms with Gasteiger partial charge in [0, 0.05) is 0 Å². The van der Waals surface area contributed by atoms with E-state index in [0.717, 1.165) is 0 Å². The molecule has 10 heavy (non-hydrogen) atoms. The summed E-state index contributed by atoms with van der Waals surface area (Å²) in [4.78, 5) is 0. The van der Waals surface area contributed by atoms with Crippen LogP contribution in [0.1, 0.15) is 5.56 Å². The number of hydrogen-bond donors (Lipinski definition) is 0. The van der Waals surface area contributed by atoms with Crippen LogP contribution < -0.4 is 12.4 Å². The van der Waals surface area contributed by atoms with Gasteiger partial charge in [-0.1, -0.05) is 0 Å². The second-order valence-corrected chi connectivity index (χ2v) is 3.84. The molecule has 0 unspecified atom stereocenters. The first-order valence-corrected chi connectivity index (χ1v) is 5.75.